The summed E-state index contributed by atoms with van der Waals surface area (Å²) in [4.78, 5) is 12.2. The van der Waals surface area contributed by atoms with Crippen molar-refractivity contribution in [3.8, 4) is 0 Å². The zero-order valence-corrected chi connectivity index (χ0v) is 13.2. The molecule has 110 valence electrons. The van der Waals surface area contributed by atoms with Gasteiger partial charge in [-0.25, -0.2) is 4.39 Å². The lowest BCUT2D eigenvalue weighted by molar-refractivity contribution is -0.115. The van der Waals surface area contributed by atoms with Gasteiger partial charge in [-0.15, -0.1) is 0 Å². The van der Waals surface area contributed by atoms with Gasteiger partial charge >= 0.3 is 0 Å². The van der Waals surface area contributed by atoms with Crippen molar-refractivity contribution >= 4 is 38.3 Å². The highest BCUT2D eigenvalue weighted by Crippen LogP contribution is 2.23. The molecular formula is C18H13BrFNO. The van der Waals surface area contributed by atoms with E-state index >= 15 is 0 Å². The van der Waals surface area contributed by atoms with Crippen molar-refractivity contribution in [1.29, 1.82) is 0 Å². The Hall–Kier alpha value is -2.20. The number of benzene rings is 3. The molecule has 1 N–H and O–H groups in total. The number of rotatable bonds is 3. The molecule has 0 aliphatic rings. The van der Waals surface area contributed by atoms with Crippen LogP contribution >= 0.6 is 15.9 Å². The van der Waals surface area contributed by atoms with E-state index in [1.807, 2.05) is 42.5 Å². The average Bonchev–Trinajstić information content (AvgIpc) is 2.51. The lowest BCUT2D eigenvalue weighted by Crippen LogP contribution is -2.15. The lowest BCUT2D eigenvalue weighted by Gasteiger charge is -2.09. The minimum atomic E-state index is -0.378. The van der Waals surface area contributed by atoms with Crippen LogP contribution in [0.15, 0.2) is 65.1 Å². The molecule has 0 saturated carbocycles. The smallest absolute Gasteiger partial charge is 0.228 e. The number of nitrogens with one attached hydrogen (secondary N) is 1. The van der Waals surface area contributed by atoms with Crippen molar-refractivity contribution in [3.63, 3.8) is 0 Å². The molecule has 3 aromatic carbocycles. The summed E-state index contributed by atoms with van der Waals surface area (Å²) in [5.41, 5.74) is 1.10. The molecule has 0 spiro atoms. The van der Waals surface area contributed by atoms with E-state index in [9.17, 15) is 9.18 Å². The molecular weight excluding hydrogens is 345 g/mol. The highest BCUT2D eigenvalue weighted by atomic mass is 79.9. The van der Waals surface area contributed by atoms with Crippen molar-refractivity contribution in [2.45, 2.75) is 6.42 Å². The van der Waals surface area contributed by atoms with Crippen LogP contribution in [0.2, 0.25) is 0 Å². The van der Waals surface area contributed by atoms with Gasteiger partial charge in [-0.3, -0.25) is 4.79 Å². The molecule has 0 aliphatic carbocycles. The molecule has 0 aromatic heterocycles. The minimum Gasteiger partial charge on any atom is -0.325 e. The Bertz CT molecular complexity index is 842. The predicted molar refractivity (Wildman–Crippen MR) is 90.4 cm³/mol. The molecule has 3 rings (SSSR count). The first kappa shape index (κ1) is 14.7. The molecule has 0 bridgehead atoms. The van der Waals surface area contributed by atoms with Gasteiger partial charge in [0.1, 0.15) is 5.82 Å². The molecule has 0 heterocycles. The Morgan fingerprint density at radius 3 is 2.68 bits per heavy atom. The number of anilines is 1. The molecule has 0 atom stereocenters. The highest BCUT2D eigenvalue weighted by Gasteiger charge is 2.10. The van der Waals surface area contributed by atoms with Crippen LogP contribution in [0.1, 0.15) is 5.56 Å². The van der Waals surface area contributed by atoms with E-state index in [1.165, 1.54) is 6.07 Å². The van der Waals surface area contributed by atoms with Crippen molar-refractivity contribution in [1.82, 2.24) is 0 Å². The number of halogens is 2. The third kappa shape index (κ3) is 3.17. The summed E-state index contributed by atoms with van der Waals surface area (Å²) >= 11 is 3.29. The highest BCUT2D eigenvalue weighted by molar-refractivity contribution is 9.10. The average molecular weight is 358 g/mol. The third-order valence-corrected chi connectivity index (χ3v) is 3.92. The Morgan fingerprint density at radius 1 is 1.05 bits per heavy atom. The topological polar surface area (TPSA) is 29.1 Å². The summed E-state index contributed by atoms with van der Waals surface area (Å²) < 4.78 is 14.5. The Morgan fingerprint density at radius 2 is 1.82 bits per heavy atom. The molecule has 0 fully saturated rings. The number of amides is 1. The third-order valence-electron chi connectivity index (χ3n) is 3.42. The SMILES string of the molecule is O=C(Cc1cc(Br)ccc1F)Nc1cccc2ccccc12. The Kier molecular flexibility index (Phi) is 4.20. The van der Waals surface area contributed by atoms with Crippen LogP contribution in [0.4, 0.5) is 10.1 Å². The standard InChI is InChI=1S/C18H13BrFNO/c19-14-8-9-16(20)13(10-14)11-18(22)21-17-7-3-5-12-4-1-2-6-15(12)17/h1-10H,11H2,(H,21,22). The molecule has 2 nitrogen and oxygen atoms in total. The second kappa shape index (κ2) is 6.28. The second-order valence-electron chi connectivity index (χ2n) is 4.99. The van der Waals surface area contributed by atoms with Gasteiger partial charge < -0.3 is 5.32 Å². The van der Waals surface area contributed by atoms with E-state index in [2.05, 4.69) is 21.2 Å². The normalized spacial score (nSPS) is 10.6. The summed E-state index contributed by atoms with van der Waals surface area (Å²) in [7, 11) is 0. The van der Waals surface area contributed by atoms with Gasteiger partial charge in [-0.1, -0.05) is 52.3 Å². The fourth-order valence-corrected chi connectivity index (χ4v) is 2.79. The quantitative estimate of drug-likeness (QED) is 0.707. The van der Waals surface area contributed by atoms with Crippen molar-refractivity contribution in [2.24, 2.45) is 0 Å². The lowest BCUT2D eigenvalue weighted by atomic mass is 10.1. The van der Waals surface area contributed by atoms with E-state index in [0.717, 1.165) is 20.9 Å². The summed E-state index contributed by atoms with van der Waals surface area (Å²) in [6, 6.07) is 18.1. The number of fused-ring (bicyclic) bond motifs is 1. The maximum atomic E-state index is 13.7. The number of hydrogen-bond acceptors (Lipinski definition) is 1. The van der Waals surface area contributed by atoms with Gasteiger partial charge in [0.15, 0.2) is 0 Å². The molecule has 0 radical (unpaired) electrons. The molecule has 0 unspecified atom stereocenters. The monoisotopic (exact) mass is 357 g/mol. The van der Waals surface area contributed by atoms with Crippen LogP contribution in [-0.2, 0) is 11.2 Å². The van der Waals surface area contributed by atoms with Crippen LogP contribution in [0.5, 0.6) is 0 Å². The van der Waals surface area contributed by atoms with Crippen molar-refractivity contribution in [2.75, 3.05) is 5.32 Å². The van der Waals surface area contributed by atoms with Crippen LogP contribution < -0.4 is 5.32 Å². The maximum absolute atomic E-state index is 13.7. The van der Waals surface area contributed by atoms with Gasteiger partial charge in [0.05, 0.1) is 6.42 Å². The number of hydrogen-bond donors (Lipinski definition) is 1. The number of carbonyl (C=O) groups excluding carboxylic acids is 1. The molecule has 0 aliphatic heterocycles. The van der Waals surface area contributed by atoms with Gasteiger partial charge in [0.2, 0.25) is 5.91 Å². The molecule has 22 heavy (non-hydrogen) atoms. The second-order valence-corrected chi connectivity index (χ2v) is 5.90. The molecule has 4 heteroatoms. The van der Waals surface area contributed by atoms with Crippen molar-refractivity contribution in [3.05, 3.63) is 76.5 Å². The minimum absolute atomic E-state index is 0.00546. The fraction of sp³-hybridized carbons (Fsp3) is 0.0556. The first-order valence-electron chi connectivity index (χ1n) is 6.85. The Labute approximate surface area is 136 Å². The van der Waals surface area contributed by atoms with Crippen molar-refractivity contribution < 1.29 is 9.18 Å². The zero-order chi connectivity index (χ0) is 15.5. The summed E-state index contributed by atoms with van der Waals surface area (Å²) in [5, 5.41) is 4.87. The van der Waals surface area contributed by atoms with Gasteiger partial charge in [-0.05, 0) is 35.2 Å². The molecule has 0 saturated heterocycles. The van der Waals surface area contributed by atoms with E-state index < -0.39 is 0 Å². The number of carbonyl (C=O) groups is 1. The summed E-state index contributed by atoms with van der Waals surface area (Å²) in [6.45, 7) is 0. The van der Waals surface area contributed by atoms with Gasteiger partial charge in [-0.2, -0.15) is 0 Å². The predicted octanol–water partition coefficient (Wildman–Crippen LogP) is 4.92. The summed E-state index contributed by atoms with van der Waals surface area (Å²) in [6.07, 6.45) is -0.00546. The van der Waals surface area contributed by atoms with Gasteiger partial charge in [0.25, 0.3) is 0 Å². The van der Waals surface area contributed by atoms with Crippen LogP contribution in [-0.4, -0.2) is 5.91 Å². The Balaban J connectivity index is 1.83. The first-order valence-corrected chi connectivity index (χ1v) is 7.64. The molecule has 1 amide bonds. The van der Waals surface area contributed by atoms with Gasteiger partial charge in [0, 0.05) is 15.5 Å². The van der Waals surface area contributed by atoms with E-state index in [1.54, 1.807) is 12.1 Å². The molecule has 3 aromatic rings. The van der Waals surface area contributed by atoms with E-state index in [0.29, 0.717) is 5.56 Å². The van der Waals surface area contributed by atoms with E-state index in [4.69, 9.17) is 0 Å². The zero-order valence-electron chi connectivity index (χ0n) is 11.6. The van der Waals surface area contributed by atoms with Crippen LogP contribution in [0.3, 0.4) is 0 Å². The van der Waals surface area contributed by atoms with E-state index in [-0.39, 0.29) is 18.1 Å². The van der Waals surface area contributed by atoms with Crippen LogP contribution in [0, 0.1) is 5.82 Å². The largest absolute Gasteiger partial charge is 0.325 e. The first-order chi connectivity index (χ1) is 10.6. The fourth-order valence-electron chi connectivity index (χ4n) is 2.38. The summed E-state index contributed by atoms with van der Waals surface area (Å²) in [5.74, 6) is -0.621. The van der Waals surface area contributed by atoms with Crippen LogP contribution in [0.25, 0.3) is 10.8 Å². The maximum Gasteiger partial charge on any atom is 0.228 e.